The van der Waals surface area contributed by atoms with Crippen molar-refractivity contribution >= 4 is 50.7 Å². The predicted octanol–water partition coefficient (Wildman–Crippen LogP) is 6.36. The lowest BCUT2D eigenvalue weighted by atomic mass is 9.95. The van der Waals surface area contributed by atoms with E-state index in [1.807, 2.05) is 0 Å². The van der Waals surface area contributed by atoms with Gasteiger partial charge in [-0.1, -0.05) is 84.9 Å². The molecule has 10 heteroatoms. The van der Waals surface area contributed by atoms with Gasteiger partial charge in [-0.2, -0.15) is 0 Å². The van der Waals surface area contributed by atoms with E-state index in [-0.39, 0.29) is 23.4 Å². The molecule has 1 atom stereocenters. The van der Waals surface area contributed by atoms with E-state index in [9.17, 15) is 18.0 Å². The first-order chi connectivity index (χ1) is 19.6. The fourth-order valence-electron chi connectivity index (χ4n) is 5.06. The number of nitrogens with one attached hydrogen (secondary N) is 1. The standard InChI is InChI=1S/C31H35Cl2N3O4S/c1-22-11-9-10-16-29(22)36(41(39,40)27-14-7-4-8-15-27)21-30(37)35(20-24-17-18-25(32)19-28(24)33)23(2)31(38)34-26-12-5-3-6-13-26/h4,7-11,14-19,23,26H,3,5-6,12-13,20-21H2,1-2H3,(H,34,38). The van der Waals surface area contributed by atoms with Crippen molar-refractivity contribution < 1.29 is 18.0 Å². The Hall–Kier alpha value is -3.07. The molecular weight excluding hydrogens is 581 g/mol. The number of sulfonamides is 1. The van der Waals surface area contributed by atoms with Crippen molar-refractivity contribution in [1.82, 2.24) is 10.2 Å². The second-order valence-corrected chi connectivity index (χ2v) is 13.1. The first kappa shape index (κ1) is 30.9. The molecule has 218 valence electrons. The van der Waals surface area contributed by atoms with Crippen LogP contribution in [0.5, 0.6) is 0 Å². The quantitative estimate of drug-likeness (QED) is 0.287. The molecule has 3 aromatic rings. The number of hydrogen-bond donors (Lipinski definition) is 1. The molecular formula is C31H35Cl2N3O4S. The van der Waals surface area contributed by atoms with E-state index in [1.165, 1.54) is 17.0 Å². The summed E-state index contributed by atoms with van der Waals surface area (Å²) in [6, 6.07) is 19.1. The third-order valence-corrected chi connectivity index (χ3v) is 9.83. The summed E-state index contributed by atoms with van der Waals surface area (Å²) >= 11 is 12.6. The van der Waals surface area contributed by atoms with Crippen molar-refractivity contribution in [2.24, 2.45) is 0 Å². The van der Waals surface area contributed by atoms with Gasteiger partial charge in [0.2, 0.25) is 11.8 Å². The molecule has 1 aliphatic carbocycles. The maximum Gasteiger partial charge on any atom is 0.264 e. The summed E-state index contributed by atoms with van der Waals surface area (Å²) < 4.78 is 28.9. The smallest absolute Gasteiger partial charge is 0.264 e. The lowest BCUT2D eigenvalue weighted by Crippen LogP contribution is -2.53. The minimum Gasteiger partial charge on any atom is -0.352 e. The summed E-state index contributed by atoms with van der Waals surface area (Å²) in [6.07, 6.45) is 5.03. The molecule has 0 radical (unpaired) electrons. The third-order valence-electron chi connectivity index (χ3n) is 7.47. The molecule has 0 aliphatic heterocycles. The van der Waals surface area contributed by atoms with E-state index in [0.717, 1.165) is 36.4 Å². The normalized spacial score (nSPS) is 14.7. The highest BCUT2D eigenvalue weighted by atomic mass is 35.5. The van der Waals surface area contributed by atoms with Crippen molar-refractivity contribution in [2.75, 3.05) is 10.8 Å². The Balaban J connectivity index is 1.69. The number of carbonyl (C=O) groups is 2. The predicted molar refractivity (Wildman–Crippen MR) is 164 cm³/mol. The van der Waals surface area contributed by atoms with Gasteiger partial charge in [-0.25, -0.2) is 8.42 Å². The summed E-state index contributed by atoms with van der Waals surface area (Å²) in [6.45, 7) is 2.94. The topological polar surface area (TPSA) is 86.8 Å². The molecule has 3 aromatic carbocycles. The first-order valence-corrected chi connectivity index (χ1v) is 15.9. The van der Waals surface area contributed by atoms with Gasteiger partial charge < -0.3 is 10.2 Å². The number of para-hydroxylation sites is 1. The highest BCUT2D eigenvalue weighted by Gasteiger charge is 2.34. The van der Waals surface area contributed by atoms with E-state index < -0.39 is 28.5 Å². The van der Waals surface area contributed by atoms with Gasteiger partial charge in [-0.15, -0.1) is 0 Å². The van der Waals surface area contributed by atoms with Crippen LogP contribution in [0.1, 0.15) is 50.2 Å². The van der Waals surface area contributed by atoms with Crippen LogP contribution in [0.15, 0.2) is 77.7 Å². The van der Waals surface area contributed by atoms with Crippen molar-refractivity contribution in [3.8, 4) is 0 Å². The van der Waals surface area contributed by atoms with E-state index >= 15 is 0 Å². The van der Waals surface area contributed by atoms with Gasteiger partial charge in [0.15, 0.2) is 0 Å². The molecule has 41 heavy (non-hydrogen) atoms. The average Bonchev–Trinajstić information content (AvgIpc) is 2.96. The fraction of sp³-hybridized carbons (Fsp3) is 0.355. The number of carbonyl (C=O) groups excluding carboxylic acids is 2. The minimum atomic E-state index is -4.12. The van der Waals surface area contributed by atoms with Crippen LogP contribution in [-0.2, 0) is 26.2 Å². The molecule has 1 aliphatic rings. The van der Waals surface area contributed by atoms with Gasteiger partial charge in [0.05, 0.1) is 10.6 Å². The van der Waals surface area contributed by atoms with Crippen LogP contribution >= 0.6 is 23.2 Å². The Kier molecular flexibility index (Phi) is 10.3. The monoisotopic (exact) mass is 615 g/mol. The van der Waals surface area contributed by atoms with Crippen LogP contribution in [0.4, 0.5) is 5.69 Å². The van der Waals surface area contributed by atoms with Crippen molar-refractivity contribution in [3.63, 3.8) is 0 Å². The van der Waals surface area contributed by atoms with Crippen LogP contribution < -0.4 is 9.62 Å². The number of rotatable bonds is 10. The zero-order chi connectivity index (χ0) is 29.6. The highest BCUT2D eigenvalue weighted by Crippen LogP contribution is 2.28. The molecule has 1 unspecified atom stereocenters. The van der Waals surface area contributed by atoms with Gasteiger partial charge in [-0.05, 0) is 68.1 Å². The number of nitrogens with zero attached hydrogens (tertiary/aromatic N) is 2. The number of amides is 2. The fourth-order valence-corrected chi connectivity index (χ4v) is 7.03. The van der Waals surface area contributed by atoms with Gasteiger partial charge in [-0.3, -0.25) is 13.9 Å². The zero-order valence-corrected chi connectivity index (χ0v) is 25.6. The van der Waals surface area contributed by atoms with Crippen LogP contribution in [0.25, 0.3) is 0 Å². The SMILES string of the molecule is Cc1ccccc1N(CC(=O)N(Cc1ccc(Cl)cc1Cl)C(C)C(=O)NC1CCCCC1)S(=O)(=O)c1ccccc1. The molecule has 0 spiro atoms. The molecule has 1 fully saturated rings. The van der Waals surface area contributed by atoms with Crippen LogP contribution in [0, 0.1) is 6.92 Å². The molecule has 1 N–H and O–H groups in total. The number of hydrogen-bond acceptors (Lipinski definition) is 4. The molecule has 0 aromatic heterocycles. The van der Waals surface area contributed by atoms with Gasteiger partial charge in [0, 0.05) is 22.6 Å². The van der Waals surface area contributed by atoms with E-state index in [4.69, 9.17) is 23.2 Å². The summed E-state index contributed by atoms with van der Waals surface area (Å²) in [4.78, 5) is 29.0. The lowest BCUT2D eigenvalue weighted by Gasteiger charge is -2.33. The molecule has 1 saturated carbocycles. The highest BCUT2D eigenvalue weighted by molar-refractivity contribution is 7.92. The maximum absolute atomic E-state index is 14.1. The third kappa shape index (κ3) is 7.61. The average molecular weight is 617 g/mol. The lowest BCUT2D eigenvalue weighted by molar-refractivity contribution is -0.139. The Bertz CT molecular complexity index is 1480. The second kappa shape index (κ2) is 13.7. The number of halogens is 2. The zero-order valence-electron chi connectivity index (χ0n) is 23.2. The molecule has 0 heterocycles. The van der Waals surface area contributed by atoms with Gasteiger partial charge in [0.25, 0.3) is 10.0 Å². The van der Waals surface area contributed by atoms with Crippen LogP contribution in [-0.4, -0.2) is 43.8 Å². The number of anilines is 1. The summed E-state index contributed by atoms with van der Waals surface area (Å²) in [5.74, 6) is -0.825. The Morgan fingerprint density at radius 3 is 2.27 bits per heavy atom. The van der Waals surface area contributed by atoms with Crippen LogP contribution in [0.2, 0.25) is 10.0 Å². The Labute approximate surface area is 252 Å². The van der Waals surface area contributed by atoms with E-state index in [2.05, 4.69) is 5.32 Å². The molecule has 0 bridgehead atoms. The van der Waals surface area contributed by atoms with Crippen molar-refractivity contribution in [1.29, 1.82) is 0 Å². The summed E-state index contributed by atoms with van der Waals surface area (Å²) in [7, 11) is -4.12. The van der Waals surface area contributed by atoms with Gasteiger partial charge in [0.1, 0.15) is 12.6 Å². The first-order valence-electron chi connectivity index (χ1n) is 13.7. The molecule has 4 rings (SSSR count). The minimum absolute atomic E-state index is 0.00108. The molecule has 2 amide bonds. The van der Waals surface area contributed by atoms with E-state index in [1.54, 1.807) is 74.5 Å². The number of benzene rings is 3. The van der Waals surface area contributed by atoms with Crippen molar-refractivity contribution in [2.45, 2.75) is 69.5 Å². The summed E-state index contributed by atoms with van der Waals surface area (Å²) in [5.41, 5.74) is 1.67. The van der Waals surface area contributed by atoms with Crippen LogP contribution in [0.3, 0.4) is 0 Å². The van der Waals surface area contributed by atoms with E-state index in [0.29, 0.717) is 26.9 Å². The molecule has 0 saturated heterocycles. The Morgan fingerprint density at radius 1 is 0.951 bits per heavy atom. The molecule has 7 nitrogen and oxygen atoms in total. The number of aryl methyl sites for hydroxylation is 1. The Morgan fingerprint density at radius 2 is 1.61 bits per heavy atom. The second-order valence-electron chi connectivity index (χ2n) is 10.4. The largest absolute Gasteiger partial charge is 0.352 e. The maximum atomic E-state index is 14.1. The summed E-state index contributed by atoms with van der Waals surface area (Å²) in [5, 5.41) is 3.89. The van der Waals surface area contributed by atoms with Gasteiger partial charge >= 0.3 is 0 Å². The van der Waals surface area contributed by atoms with Crippen molar-refractivity contribution in [3.05, 3.63) is 94.0 Å².